The summed E-state index contributed by atoms with van der Waals surface area (Å²) >= 11 is 17.4. The second-order valence-corrected chi connectivity index (χ2v) is 4.27. The molecule has 1 aromatic carbocycles. The van der Waals surface area contributed by atoms with Crippen LogP contribution in [0.25, 0.3) is 0 Å². The van der Waals surface area contributed by atoms with Crippen LogP contribution in [0.4, 0.5) is 0 Å². The topological polar surface area (TPSA) is 46.5 Å². The highest BCUT2D eigenvalue weighted by atomic mass is 35.5. The van der Waals surface area contributed by atoms with Crippen LogP contribution >= 0.6 is 34.8 Å². The largest absolute Gasteiger partial charge is 0.479 e. The first-order valence-electron chi connectivity index (χ1n) is 4.49. The Bertz CT molecular complexity index is 407. The zero-order chi connectivity index (χ0) is 12.3. The molecule has 3 nitrogen and oxygen atoms in total. The number of rotatable bonds is 4. The maximum absolute atomic E-state index is 10.8. The van der Waals surface area contributed by atoms with Crippen LogP contribution in [-0.2, 0) is 4.79 Å². The van der Waals surface area contributed by atoms with Gasteiger partial charge in [-0.2, -0.15) is 0 Å². The highest BCUT2D eigenvalue weighted by Crippen LogP contribution is 2.34. The molecule has 0 heterocycles. The highest BCUT2D eigenvalue weighted by molar-refractivity contribution is 6.43. The maximum atomic E-state index is 10.8. The second-order valence-electron chi connectivity index (χ2n) is 3.05. The van der Waals surface area contributed by atoms with Gasteiger partial charge >= 0.3 is 5.97 Å². The first-order chi connectivity index (χ1) is 7.45. The third-order valence-corrected chi connectivity index (χ3v) is 2.91. The van der Waals surface area contributed by atoms with Crippen molar-refractivity contribution in [1.29, 1.82) is 0 Å². The van der Waals surface area contributed by atoms with E-state index in [-0.39, 0.29) is 15.8 Å². The van der Waals surface area contributed by atoms with E-state index in [9.17, 15) is 4.79 Å². The van der Waals surface area contributed by atoms with Gasteiger partial charge in [0.1, 0.15) is 5.75 Å². The summed E-state index contributed by atoms with van der Waals surface area (Å²) in [5.74, 6) is -0.838. The number of hydrogen-bond acceptors (Lipinski definition) is 2. The van der Waals surface area contributed by atoms with E-state index in [2.05, 4.69) is 0 Å². The fourth-order valence-corrected chi connectivity index (χ4v) is 1.64. The normalized spacial score (nSPS) is 12.2. The zero-order valence-electron chi connectivity index (χ0n) is 8.34. The van der Waals surface area contributed by atoms with Crippen molar-refractivity contribution in [3.8, 4) is 5.75 Å². The molecule has 0 fully saturated rings. The Hall–Kier alpha value is -0.640. The van der Waals surface area contributed by atoms with Crippen molar-refractivity contribution in [3.05, 3.63) is 27.2 Å². The molecular formula is C10H9Cl3O3. The van der Waals surface area contributed by atoms with Gasteiger partial charge in [0.25, 0.3) is 0 Å². The van der Waals surface area contributed by atoms with Gasteiger partial charge in [0, 0.05) is 6.07 Å². The minimum Gasteiger partial charge on any atom is -0.479 e. The van der Waals surface area contributed by atoms with Gasteiger partial charge in [-0.1, -0.05) is 41.7 Å². The third-order valence-electron chi connectivity index (χ3n) is 1.89. The minimum absolute atomic E-state index is 0.213. The molecule has 0 amide bonds. The SMILES string of the molecule is CCC(Oc1cc(Cl)c(Cl)cc1Cl)C(=O)O. The van der Waals surface area contributed by atoms with E-state index in [0.29, 0.717) is 11.4 Å². The predicted octanol–water partition coefficient (Wildman–Crippen LogP) is 3.89. The third kappa shape index (κ3) is 3.17. The number of halogens is 3. The Morgan fingerprint density at radius 3 is 2.38 bits per heavy atom. The van der Waals surface area contributed by atoms with Crippen molar-refractivity contribution in [1.82, 2.24) is 0 Å². The molecule has 0 bridgehead atoms. The van der Waals surface area contributed by atoms with Gasteiger partial charge in [0.05, 0.1) is 15.1 Å². The Balaban J connectivity index is 2.96. The Labute approximate surface area is 108 Å². The zero-order valence-corrected chi connectivity index (χ0v) is 10.6. The molecule has 0 aromatic heterocycles. The molecule has 1 atom stereocenters. The standard InChI is InChI=1S/C10H9Cl3O3/c1-2-8(10(14)15)16-9-4-6(12)5(11)3-7(9)13/h3-4,8H,2H2,1H3,(H,14,15). The van der Waals surface area contributed by atoms with Gasteiger partial charge in [0.15, 0.2) is 6.10 Å². The van der Waals surface area contributed by atoms with Crippen LogP contribution in [0.5, 0.6) is 5.75 Å². The molecule has 0 saturated carbocycles. The molecule has 0 aliphatic rings. The maximum Gasteiger partial charge on any atom is 0.344 e. The first-order valence-corrected chi connectivity index (χ1v) is 5.63. The number of carboxylic acid groups (broad SMARTS) is 1. The summed E-state index contributed by atoms with van der Waals surface area (Å²) in [6.45, 7) is 1.70. The summed E-state index contributed by atoms with van der Waals surface area (Å²) < 4.78 is 5.22. The van der Waals surface area contributed by atoms with E-state index < -0.39 is 12.1 Å². The van der Waals surface area contributed by atoms with Crippen molar-refractivity contribution >= 4 is 40.8 Å². The van der Waals surface area contributed by atoms with Crippen molar-refractivity contribution in [3.63, 3.8) is 0 Å². The minimum atomic E-state index is -1.05. The van der Waals surface area contributed by atoms with E-state index in [0.717, 1.165) is 0 Å². The number of ether oxygens (including phenoxy) is 1. The molecule has 16 heavy (non-hydrogen) atoms. The fraction of sp³-hybridized carbons (Fsp3) is 0.300. The first kappa shape index (κ1) is 13.4. The van der Waals surface area contributed by atoms with E-state index in [1.165, 1.54) is 12.1 Å². The molecule has 1 N–H and O–H groups in total. The lowest BCUT2D eigenvalue weighted by Gasteiger charge is -2.14. The molecule has 1 unspecified atom stereocenters. The van der Waals surface area contributed by atoms with Crippen molar-refractivity contribution in [2.24, 2.45) is 0 Å². The van der Waals surface area contributed by atoms with Gasteiger partial charge in [-0.15, -0.1) is 0 Å². The average molecular weight is 284 g/mol. The summed E-state index contributed by atoms with van der Waals surface area (Å²) in [5.41, 5.74) is 0. The molecule has 0 spiro atoms. The second kappa shape index (κ2) is 5.62. The van der Waals surface area contributed by atoms with Gasteiger partial charge in [-0.05, 0) is 12.5 Å². The monoisotopic (exact) mass is 282 g/mol. The Kier molecular flexibility index (Phi) is 4.71. The van der Waals surface area contributed by atoms with Crippen LogP contribution in [0.3, 0.4) is 0 Å². The fourth-order valence-electron chi connectivity index (χ4n) is 1.06. The van der Waals surface area contributed by atoms with Crippen LogP contribution in [0.15, 0.2) is 12.1 Å². The highest BCUT2D eigenvalue weighted by Gasteiger charge is 2.19. The number of carbonyl (C=O) groups is 1. The smallest absolute Gasteiger partial charge is 0.344 e. The summed E-state index contributed by atoms with van der Waals surface area (Å²) in [5, 5.41) is 9.61. The lowest BCUT2D eigenvalue weighted by atomic mass is 10.2. The Morgan fingerprint density at radius 1 is 1.31 bits per heavy atom. The van der Waals surface area contributed by atoms with E-state index in [4.69, 9.17) is 44.6 Å². The lowest BCUT2D eigenvalue weighted by Crippen LogP contribution is -2.26. The summed E-state index contributed by atoms with van der Waals surface area (Å²) in [6, 6.07) is 2.81. The van der Waals surface area contributed by atoms with Gasteiger partial charge in [-0.25, -0.2) is 4.79 Å². The Morgan fingerprint density at radius 2 is 1.88 bits per heavy atom. The van der Waals surface area contributed by atoms with Crippen molar-refractivity contribution in [2.75, 3.05) is 0 Å². The summed E-state index contributed by atoms with van der Waals surface area (Å²) in [4.78, 5) is 10.8. The molecule has 88 valence electrons. The average Bonchev–Trinajstić information content (AvgIpc) is 2.21. The number of hydrogen-bond donors (Lipinski definition) is 1. The number of carboxylic acids is 1. The van der Waals surface area contributed by atoms with Crippen LogP contribution in [0, 0.1) is 0 Å². The molecule has 1 aromatic rings. The van der Waals surface area contributed by atoms with E-state index >= 15 is 0 Å². The van der Waals surface area contributed by atoms with Crippen molar-refractivity contribution < 1.29 is 14.6 Å². The molecular weight excluding hydrogens is 274 g/mol. The number of aliphatic carboxylic acids is 1. The summed E-state index contributed by atoms with van der Waals surface area (Å²) in [7, 11) is 0. The molecule has 6 heteroatoms. The van der Waals surface area contributed by atoms with E-state index in [1.807, 2.05) is 0 Å². The molecule has 1 rings (SSSR count). The summed E-state index contributed by atoms with van der Waals surface area (Å²) in [6.07, 6.45) is -0.624. The van der Waals surface area contributed by atoms with Gasteiger partial charge in [0.2, 0.25) is 0 Å². The molecule has 0 aliphatic heterocycles. The van der Waals surface area contributed by atoms with E-state index in [1.54, 1.807) is 6.92 Å². The van der Waals surface area contributed by atoms with Crippen molar-refractivity contribution in [2.45, 2.75) is 19.4 Å². The van der Waals surface area contributed by atoms with Crippen LogP contribution in [0.2, 0.25) is 15.1 Å². The van der Waals surface area contributed by atoms with Gasteiger partial charge in [-0.3, -0.25) is 0 Å². The van der Waals surface area contributed by atoms with Crippen LogP contribution in [0.1, 0.15) is 13.3 Å². The lowest BCUT2D eigenvalue weighted by molar-refractivity contribution is -0.145. The molecule has 0 aliphatic carbocycles. The predicted molar refractivity (Wildman–Crippen MR) is 63.8 cm³/mol. The number of benzene rings is 1. The van der Waals surface area contributed by atoms with Crippen LogP contribution < -0.4 is 4.74 Å². The molecule has 0 saturated heterocycles. The van der Waals surface area contributed by atoms with Gasteiger partial charge < -0.3 is 9.84 Å². The molecule has 0 radical (unpaired) electrons. The quantitative estimate of drug-likeness (QED) is 0.853. The van der Waals surface area contributed by atoms with Crippen LogP contribution in [-0.4, -0.2) is 17.2 Å².